The van der Waals surface area contributed by atoms with E-state index in [1.54, 1.807) is 62.3 Å². The summed E-state index contributed by atoms with van der Waals surface area (Å²) in [6.45, 7) is 18.6. The Bertz CT molecular complexity index is 1640. The van der Waals surface area contributed by atoms with Crippen molar-refractivity contribution in [2.24, 2.45) is 0 Å². The fourth-order valence-electron chi connectivity index (χ4n) is 5.31. The van der Waals surface area contributed by atoms with Crippen molar-refractivity contribution in [3.05, 3.63) is 21.3 Å². The van der Waals surface area contributed by atoms with Gasteiger partial charge in [-0.15, -0.1) is 0 Å². The summed E-state index contributed by atoms with van der Waals surface area (Å²) < 4.78 is 118. The van der Waals surface area contributed by atoms with E-state index in [2.05, 4.69) is 0 Å². The van der Waals surface area contributed by atoms with Crippen LogP contribution in [0.1, 0.15) is 74.8 Å². The van der Waals surface area contributed by atoms with Crippen molar-refractivity contribution in [2.45, 2.75) is 113 Å². The van der Waals surface area contributed by atoms with Crippen LogP contribution in [-0.2, 0) is 49.7 Å². The molecule has 0 aliphatic heterocycles. The maximum atomic E-state index is 13.7. The van der Waals surface area contributed by atoms with E-state index in [4.69, 9.17) is 9.47 Å². The molecule has 0 bridgehead atoms. The van der Waals surface area contributed by atoms with Gasteiger partial charge in [0, 0.05) is 0 Å². The molecule has 0 heterocycles. The summed E-state index contributed by atoms with van der Waals surface area (Å²) in [5.74, 6) is -1.86. The number of benzene rings is 1. The van der Waals surface area contributed by atoms with Crippen LogP contribution >= 0.6 is 20.4 Å². The van der Waals surface area contributed by atoms with Gasteiger partial charge in [0.1, 0.15) is 0 Å². The Balaban J connectivity index is 4.56. The van der Waals surface area contributed by atoms with Crippen LogP contribution in [0, 0.1) is 10.5 Å². The molecule has 16 nitrogen and oxygen atoms in total. The molecule has 0 radical (unpaired) electrons. The first-order valence-electron chi connectivity index (χ1n) is 15.5. The molecule has 292 valence electrons. The molecule has 0 fully saturated rings. The molecule has 50 heavy (non-hydrogen) atoms. The first-order valence-corrected chi connectivity index (χ1v) is 25.9. The van der Waals surface area contributed by atoms with Crippen LogP contribution in [0.5, 0.6) is 11.5 Å². The van der Waals surface area contributed by atoms with E-state index in [9.17, 15) is 43.3 Å². The van der Waals surface area contributed by atoms with Gasteiger partial charge in [0.15, 0.2) is 0 Å². The molecule has 0 spiro atoms. The summed E-state index contributed by atoms with van der Waals surface area (Å²) in [5.41, 5.74) is 0.346. The van der Waals surface area contributed by atoms with Crippen molar-refractivity contribution in [3.8, 4) is 11.5 Å². The van der Waals surface area contributed by atoms with Crippen LogP contribution in [0.2, 0.25) is 0 Å². The van der Waals surface area contributed by atoms with Gasteiger partial charge in [0.25, 0.3) is 0 Å². The number of amides is 2. The summed E-state index contributed by atoms with van der Waals surface area (Å²) in [4.78, 5) is 30.4. The van der Waals surface area contributed by atoms with Crippen LogP contribution in [0.4, 0.5) is 0 Å². The molecule has 1 aromatic carbocycles. The number of ether oxygens (including phenoxy) is 2. The molecule has 0 N–H and O–H groups in total. The molecule has 1 rings (SSSR count). The fraction of sp³-hybridized carbons (Fsp3) is 0.724. The summed E-state index contributed by atoms with van der Waals surface area (Å²) in [5, 5.41) is 0. The molecule has 2 atom stereocenters. The molecule has 0 aliphatic carbocycles. The van der Waals surface area contributed by atoms with Gasteiger partial charge in [0.05, 0.1) is 0 Å². The van der Waals surface area contributed by atoms with Gasteiger partial charge in [-0.2, -0.15) is 0 Å². The van der Waals surface area contributed by atoms with Crippen molar-refractivity contribution >= 4 is 72.3 Å². The van der Waals surface area contributed by atoms with Gasteiger partial charge in [-0.25, -0.2) is 0 Å². The average Bonchev–Trinajstić information content (AvgIpc) is 2.83. The standard InChI is InChI=1S/C29H53IN4O12S4/c1-18(2)31(19(3)4)28(35)23(10)45-25-16-22(9)17-26(46-24(11)29(36)32(20(5)6)21(7)8)27(25)30(33(47(12,37)38)48(13,39)40)34(49(14,41)42)50(15,43)44/h16-21,23-24H,1-15H3/t23-,24-/m1/s1. The Labute approximate surface area is 307 Å². The Kier molecular flexibility index (Phi) is 15.6. The van der Waals surface area contributed by atoms with E-state index in [-0.39, 0.29) is 28.0 Å². The number of nitrogens with zero attached hydrogens (tertiary/aromatic N) is 4. The predicted molar refractivity (Wildman–Crippen MR) is 201 cm³/mol. The van der Waals surface area contributed by atoms with Gasteiger partial charge in [-0.05, 0) is 0 Å². The number of aryl methyl sites for hydroxylation is 1. The van der Waals surface area contributed by atoms with Gasteiger partial charge in [-0.1, -0.05) is 0 Å². The monoisotopic (exact) mass is 904 g/mol. The Morgan fingerprint density at radius 1 is 0.540 bits per heavy atom. The molecular weight excluding hydrogens is 852 g/mol. The molecule has 21 heteroatoms. The van der Waals surface area contributed by atoms with Gasteiger partial charge >= 0.3 is 309 Å². The summed E-state index contributed by atoms with van der Waals surface area (Å²) >= 11 is -5.19. The zero-order valence-electron chi connectivity index (χ0n) is 31.3. The number of hydrogen-bond donors (Lipinski definition) is 0. The molecule has 0 aromatic heterocycles. The van der Waals surface area contributed by atoms with Crippen molar-refractivity contribution in [1.82, 2.24) is 13.6 Å². The third kappa shape index (κ3) is 11.6. The third-order valence-electron chi connectivity index (χ3n) is 6.66. The summed E-state index contributed by atoms with van der Waals surface area (Å²) in [7, 11) is -19.8. The van der Waals surface area contributed by atoms with E-state index in [0.717, 1.165) is 0 Å². The van der Waals surface area contributed by atoms with Crippen LogP contribution in [0.3, 0.4) is 0 Å². The van der Waals surface area contributed by atoms with Crippen LogP contribution < -0.4 is 9.47 Å². The van der Waals surface area contributed by atoms with Crippen molar-refractivity contribution in [3.63, 3.8) is 0 Å². The van der Waals surface area contributed by atoms with Crippen LogP contribution in [0.25, 0.3) is 0 Å². The van der Waals surface area contributed by atoms with Crippen molar-refractivity contribution in [2.75, 3.05) is 25.0 Å². The minimum absolute atomic E-state index is 0.127. The number of rotatable bonds is 17. The topological polar surface area (TPSA) is 202 Å². The van der Waals surface area contributed by atoms with Gasteiger partial charge in [0.2, 0.25) is 0 Å². The first-order chi connectivity index (χ1) is 22.3. The number of carbonyl (C=O) groups is 2. The fourth-order valence-corrected chi connectivity index (χ4v) is 25.5. The Hall–Kier alpha value is -1.79. The van der Waals surface area contributed by atoms with Gasteiger partial charge in [-0.3, -0.25) is 0 Å². The Morgan fingerprint density at radius 3 is 0.980 bits per heavy atom. The molecule has 0 unspecified atom stereocenters. The number of hydrogen-bond acceptors (Lipinski definition) is 12. The van der Waals surface area contributed by atoms with Crippen LogP contribution in [0.15, 0.2) is 12.1 Å². The van der Waals surface area contributed by atoms with E-state index in [1.807, 2.05) is 0 Å². The summed E-state index contributed by atoms with van der Waals surface area (Å²) in [6.07, 6.45) is -0.723. The molecule has 0 saturated heterocycles. The molecule has 0 aliphatic rings. The molecular formula is C29H53IN4O12S4. The first kappa shape index (κ1) is 46.2. The average molecular weight is 905 g/mol. The SMILES string of the molecule is Cc1cc(O[C@H](C)C(=O)N(C(C)C)C(C)C)c(I(N(S(C)(=O)=O)S(C)(=O)=O)N(S(C)(=O)=O)S(C)(=O)=O)c(O[C@H](C)C(=O)N(C(C)C)C(C)C)c1. The second-order valence-electron chi connectivity index (χ2n) is 13.1. The third-order valence-corrected chi connectivity index (χ3v) is 27.6. The number of carbonyl (C=O) groups excluding carboxylic acids is 2. The normalized spacial score (nSPS) is 14.8. The van der Waals surface area contributed by atoms with E-state index in [1.165, 1.54) is 35.8 Å². The van der Waals surface area contributed by atoms with E-state index < -0.39 is 99.6 Å². The second kappa shape index (κ2) is 16.9. The molecule has 2 amide bonds. The zero-order valence-corrected chi connectivity index (χ0v) is 36.7. The van der Waals surface area contributed by atoms with Gasteiger partial charge < -0.3 is 0 Å². The summed E-state index contributed by atoms with van der Waals surface area (Å²) in [6, 6.07) is 1.42. The maximum absolute atomic E-state index is 13.7. The number of halogens is 1. The molecule has 0 saturated carbocycles. The van der Waals surface area contributed by atoms with Crippen molar-refractivity contribution < 1.29 is 52.7 Å². The minimum atomic E-state index is -5.19. The second-order valence-corrected chi connectivity index (χ2v) is 27.9. The molecule has 1 aromatic rings. The van der Waals surface area contributed by atoms with E-state index >= 15 is 0 Å². The Morgan fingerprint density at radius 2 is 0.780 bits per heavy atom. The number of sulfonamides is 4. The van der Waals surface area contributed by atoms with Crippen molar-refractivity contribution in [1.29, 1.82) is 0 Å². The van der Waals surface area contributed by atoms with E-state index in [0.29, 0.717) is 30.6 Å². The predicted octanol–water partition coefficient (Wildman–Crippen LogP) is 2.77. The van der Waals surface area contributed by atoms with Crippen LogP contribution in [-0.4, -0.2) is 121 Å². The zero-order chi connectivity index (χ0) is 39.6. The quantitative estimate of drug-likeness (QED) is 0.164.